The smallest absolute Gasteiger partial charge is 0.231 e. The number of nitrogens with one attached hydrogen (secondary N) is 1. The van der Waals surface area contributed by atoms with E-state index in [1.54, 1.807) is 7.11 Å². The number of hydrogen-bond donors (Lipinski definition) is 1. The zero-order valence-corrected chi connectivity index (χ0v) is 9.84. The average Bonchev–Trinajstić information content (AvgIpc) is 2.34. The van der Waals surface area contributed by atoms with Crippen LogP contribution in [0.2, 0.25) is 0 Å². The maximum atomic E-state index is 11.3. The predicted octanol–water partition coefficient (Wildman–Crippen LogP) is 1.54. The summed E-state index contributed by atoms with van der Waals surface area (Å²) in [7, 11) is 1.61. The van der Waals surface area contributed by atoms with E-state index >= 15 is 0 Å². The van der Waals surface area contributed by atoms with E-state index in [-0.39, 0.29) is 12.5 Å². The third-order valence-electron chi connectivity index (χ3n) is 1.82. The Morgan fingerprint density at radius 3 is 3.00 bits per heavy atom. The fraction of sp³-hybridized carbons (Fsp3) is 0.250. The molecule has 0 saturated carbocycles. The van der Waals surface area contributed by atoms with E-state index in [9.17, 15) is 4.79 Å². The quantitative estimate of drug-likeness (QED) is 0.621. The molecule has 1 aromatic carbocycles. The Labute approximate surface area is 99.6 Å². The van der Waals surface area contributed by atoms with Crippen LogP contribution in [0.4, 0.5) is 0 Å². The molecule has 1 N–H and O–H groups in total. The number of methoxy groups -OCH3 is 1. The highest BCUT2D eigenvalue weighted by molar-refractivity contribution is 8.00. The molecule has 0 spiro atoms. The zero-order valence-electron chi connectivity index (χ0n) is 9.03. The summed E-state index contributed by atoms with van der Waals surface area (Å²) in [6.45, 7) is 0.269. The van der Waals surface area contributed by atoms with Crippen molar-refractivity contribution in [3.8, 4) is 18.1 Å². The van der Waals surface area contributed by atoms with Crippen molar-refractivity contribution in [3.05, 3.63) is 24.3 Å². The summed E-state index contributed by atoms with van der Waals surface area (Å²) in [6.07, 6.45) is 5.04. The molecule has 0 atom stereocenters. The molecule has 0 radical (unpaired) electrons. The zero-order chi connectivity index (χ0) is 11.8. The number of terminal acetylenes is 1. The highest BCUT2D eigenvalue weighted by atomic mass is 32.2. The molecule has 0 heterocycles. The topological polar surface area (TPSA) is 38.3 Å². The summed E-state index contributed by atoms with van der Waals surface area (Å²) in [5.41, 5.74) is 0. The summed E-state index contributed by atoms with van der Waals surface area (Å²) in [5.74, 6) is 3.39. The maximum Gasteiger partial charge on any atom is 0.231 e. The van der Waals surface area contributed by atoms with Gasteiger partial charge in [0.25, 0.3) is 0 Å². The molecule has 1 aromatic rings. The predicted molar refractivity (Wildman–Crippen MR) is 65.6 cm³/mol. The lowest BCUT2D eigenvalue weighted by molar-refractivity contribution is -0.118. The van der Waals surface area contributed by atoms with Gasteiger partial charge in [-0.15, -0.1) is 18.2 Å². The van der Waals surface area contributed by atoms with Crippen LogP contribution in [0.5, 0.6) is 5.75 Å². The van der Waals surface area contributed by atoms with Crippen LogP contribution >= 0.6 is 11.8 Å². The van der Waals surface area contributed by atoms with Crippen molar-refractivity contribution in [1.29, 1.82) is 0 Å². The summed E-state index contributed by atoms with van der Waals surface area (Å²) < 4.78 is 5.17. The highest BCUT2D eigenvalue weighted by Crippen LogP contribution is 2.28. The molecule has 0 aliphatic rings. The number of thioether (sulfide) groups is 1. The van der Waals surface area contributed by atoms with Gasteiger partial charge in [0.1, 0.15) is 5.75 Å². The van der Waals surface area contributed by atoms with Crippen LogP contribution in [-0.4, -0.2) is 25.3 Å². The lowest BCUT2D eigenvalue weighted by atomic mass is 10.3. The van der Waals surface area contributed by atoms with Crippen LogP contribution in [0.15, 0.2) is 29.2 Å². The largest absolute Gasteiger partial charge is 0.496 e. The Kier molecular flexibility index (Phi) is 5.30. The fourth-order valence-corrected chi connectivity index (χ4v) is 1.94. The van der Waals surface area contributed by atoms with Crippen LogP contribution in [0.3, 0.4) is 0 Å². The van der Waals surface area contributed by atoms with Crippen molar-refractivity contribution in [2.24, 2.45) is 0 Å². The van der Waals surface area contributed by atoms with Crippen molar-refractivity contribution >= 4 is 17.7 Å². The monoisotopic (exact) mass is 235 g/mol. The first kappa shape index (κ1) is 12.5. The van der Waals surface area contributed by atoms with E-state index in [4.69, 9.17) is 11.2 Å². The molecule has 0 unspecified atom stereocenters. The lowest BCUT2D eigenvalue weighted by Gasteiger charge is -2.07. The van der Waals surface area contributed by atoms with Crippen molar-refractivity contribution in [3.63, 3.8) is 0 Å². The number of carbonyl (C=O) groups is 1. The van der Waals surface area contributed by atoms with Gasteiger partial charge in [0.15, 0.2) is 0 Å². The van der Waals surface area contributed by atoms with E-state index < -0.39 is 0 Å². The van der Waals surface area contributed by atoms with E-state index in [1.165, 1.54) is 11.8 Å². The molecule has 0 aromatic heterocycles. The van der Waals surface area contributed by atoms with Crippen molar-refractivity contribution in [2.45, 2.75) is 4.90 Å². The van der Waals surface area contributed by atoms with E-state index in [1.807, 2.05) is 24.3 Å². The number of rotatable bonds is 5. The lowest BCUT2D eigenvalue weighted by Crippen LogP contribution is -2.25. The standard InChI is InChI=1S/C12H13NO2S/c1-3-8-13-12(14)9-16-11-7-5-4-6-10(11)15-2/h1,4-7H,8-9H2,2H3,(H,13,14). The minimum Gasteiger partial charge on any atom is -0.496 e. The third kappa shape index (κ3) is 3.87. The molecule has 0 fully saturated rings. The van der Waals surface area contributed by atoms with Gasteiger partial charge in [-0.05, 0) is 12.1 Å². The normalized spacial score (nSPS) is 9.25. The average molecular weight is 235 g/mol. The molecule has 0 aliphatic heterocycles. The van der Waals surface area contributed by atoms with Gasteiger partial charge in [-0.2, -0.15) is 0 Å². The molecule has 0 aliphatic carbocycles. The maximum absolute atomic E-state index is 11.3. The molecular weight excluding hydrogens is 222 g/mol. The highest BCUT2D eigenvalue weighted by Gasteiger charge is 2.05. The Bertz CT molecular complexity index is 398. The van der Waals surface area contributed by atoms with Crippen LogP contribution in [0.1, 0.15) is 0 Å². The summed E-state index contributed by atoms with van der Waals surface area (Å²) in [6, 6.07) is 7.57. The molecule has 0 saturated heterocycles. The van der Waals surface area contributed by atoms with Crippen molar-refractivity contribution in [2.75, 3.05) is 19.4 Å². The second kappa shape index (κ2) is 6.81. The Hall–Kier alpha value is -1.60. The Morgan fingerprint density at radius 2 is 2.31 bits per heavy atom. The van der Waals surface area contributed by atoms with Gasteiger partial charge in [-0.1, -0.05) is 18.1 Å². The fourth-order valence-electron chi connectivity index (χ4n) is 1.08. The number of ether oxygens (including phenoxy) is 1. The first-order valence-electron chi connectivity index (χ1n) is 4.74. The number of benzene rings is 1. The summed E-state index contributed by atoms with van der Waals surface area (Å²) >= 11 is 1.42. The third-order valence-corrected chi connectivity index (χ3v) is 2.87. The van der Waals surface area contributed by atoms with Gasteiger partial charge >= 0.3 is 0 Å². The SMILES string of the molecule is C#CCNC(=O)CSc1ccccc1OC. The van der Waals surface area contributed by atoms with Gasteiger partial charge in [0.2, 0.25) is 5.91 Å². The molecule has 1 amide bonds. The Morgan fingerprint density at radius 1 is 1.56 bits per heavy atom. The summed E-state index contributed by atoms with van der Waals surface area (Å²) in [5, 5.41) is 2.60. The van der Waals surface area contributed by atoms with Crippen LogP contribution < -0.4 is 10.1 Å². The van der Waals surface area contributed by atoms with E-state index in [0.717, 1.165) is 10.6 Å². The molecule has 1 rings (SSSR count). The molecule has 4 heteroatoms. The van der Waals surface area contributed by atoms with Gasteiger partial charge in [0, 0.05) is 4.90 Å². The second-order valence-corrected chi connectivity index (χ2v) is 3.94. The Balaban J connectivity index is 2.48. The van der Waals surface area contributed by atoms with E-state index in [2.05, 4.69) is 11.2 Å². The molecular formula is C12H13NO2S. The number of amides is 1. The van der Waals surface area contributed by atoms with Crippen LogP contribution in [0, 0.1) is 12.3 Å². The molecule has 3 nitrogen and oxygen atoms in total. The number of para-hydroxylation sites is 1. The van der Waals surface area contributed by atoms with Gasteiger partial charge in [-0.3, -0.25) is 4.79 Å². The minimum atomic E-state index is -0.0751. The number of carbonyl (C=O) groups excluding carboxylic acids is 1. The first-order valence-corrected chi connectivity index (χ1v) is 5.72. The molecule has 84 valence electrons. The molecule has 0 bridgehead atoms. The minimum absolute atomic E-state index is 0.0751. The summed E-state index contributed by atoms with van der Waals surface area (Å²) in [4.78, 5) is 12.3. The second-order valence-electron chi connectivity index (χ2n) is 2.92. The van der Waals surface area contributed by atoms with Crippen molar-refractivity contribution < 1.29 is 9.53 Å². The van der Waals surface area contributed by atoms with Crippen LogP contribution in [0.25, 0.3) is 0 Å². The number of hydrogen-bond acceptors (Lipinski definition) is 3. The van der Waals surface area contributed by atoms with Gasteiger partial charge in [-0.25, -0.2) is 0 Å². The van der Waals surface area contributed by atoms with Gasteiger partial charge in [0.05, 0.1) is 19.4 Å². The van der Waals surface area contributed by atoms with Gasteiger partial charge < -0.3 is 10.1 Å². The van der Waals surface area contributed by atoms with Crippen molar-refractivity contribution in [1.82, 2.24) is 5.32 Å². The first-order chi connectivity index (χ1) is 7.77. The molecule has 16 heavy (non-hydrogen) atoms. The van der Waals surface area contributed by atoms with Crippen LogP contribution in [-0.2, 0) is 4.79 Å². The van der Waals surface area contributed by atoms with E-state index in [0.29, 0.717) is 5.75 Å².